The Labute approximate surface area is 187 Å². The number of benzene rings is 1. The zero-order valence-electron chi connectivity index (χ0n) is 17.6. The number of carbonyl (C=O) groups is 1. The number of aromatic nitrogens is 1. The minimum absolute atomic E-state index is 0.180. The molecular weight excluding hydrogens is 432 g/mol. The molecule has 160 valence electrons. The van der Waals surface area contributed by atoms with E-state index >= 15 is 0 Å². The lowest BCUT2D eigenvalue weighted by Crippen LogP contribution is -2.40. The number of nitrogens with zero attached hydrogens (tertiary/aromatic N) is 2. The van der Waals surface area contributed by atoms with Crippen molar-refractivity contribution in [2.45, 2.75) is 32.9 Å². The largest absolute Gasteiger partial charge is 0.497 e. The van der Waals surface area contributed by atoms with E-state index in [2.05, 4.69) is 4.99 Å². The number of allylic oxidation sites excluding steroid dienone is 1. The van der Waals surface area contributed by atoms with Gasteiger partial charge in [-0.1, -0.05) is 29.5 Å². The molecule has 31 heavy (non-hydrogen) atoms. The average Bonchev–Trinajstić information content (AvgIpc) is 3.35. The highest BCUT2D eigenvalue weighted by Gasteiger charge is 2.33. The first-order chi connectivity index (χ1) is 14.9. The summed E-state index contributed by atoms with van der Waals surface area (Å²) >= 11 is 2.88. The van der Waals surface area contributed by atoms with Crippen LogP contribution in [0.5, 0.6) is 5.75 Å². The summed E-state index contributed by atoms with van der Waals surface area (Å²) in [6.07, 6.45) is 1.58. The van der Waals surface area contributed by atoms with Crippen LogP contribution in [-0.4, -0.2) is 23.8 Å². The fourth-order valence-corrected chi connectivity index (χ4v) is 5.23. The van der Waals surface area contributed by atoms with Crippen LogP contribution in [0.2, 0.25) is 0 Å². The van der Waals surface area contributed by atoms with E-state index in [0.29, 0.717) is 26.4 Å². The van der Waals surface area contributed by atoms with Gasteiger partial charge in [0.25, 0.3) is 5.56 Å². The molecule has 0 fully saturated rings. The first-order valence-corrected chi connectivity index (χ1v) is 11.5. The van der Waals surface area contributed by atoms with Gasteiger partial charge in [-0.05, 0) is 56.0 Å². The van der Waals surface area contributed by atoms with Crippen LogP contribution in [0.25, 0.3) is 6.08 Å². The van der Waals surface area contributed by atoms with Crippen LogP contribution in [0.1, 0.15) is 37.3 Å². The number of ether oxygens (including phenoxy) is 2. The maximum Gasteiger partial charge on any atom is 0.338 e. The maximum absolute atomic E-state index is 13.4. The van der Waals surface area contributed by atoms with E-state index in [1.54, 1.807) is 43.8 Å². The van der Waals surface area contributed by atoms with Gasteiger partial charge in [0, 0.05) is 4.88 Å². The Morgan fingerprint density at radius 2 is 1.97 bits per heavy atom. The van der Waals surface area contributed by atoms with Crippen molar-refractivity contribution in [3.63, 3.8) is 0 Å². The first kappa shape index (κ1) is 21.3. The molecule has 8 heteroatoms. The molecule has 3 heterocycles. The highest BCUT2D eigenvalue weighted by molar-refractivity contribution is 7.11. The van der Waals surface area contributed by atoms with Gasteiger partial charge in [0.05, 0.1) is 35.1 Å². The standard InChI is InChI=1S/C23H22N2O4S2/c1-13(2)29-22(27)19-14(3)24-23-25(20(19)15-7-9-16(28-4)10-8-15)21(26)18(31-23)12-17-6-5-11-30-17/h5-13,20H,1-4H3/t20-/m0/s1. The summed E-state index contributed by atoms with van der Waals surface area (Å²) in [5.41, 5.74) is 1.53. The Kier molecular flexibility index (Phi) is 5.93. The van der Waals surface area contributed by atoms with Crippen molar-refractivity contribution in [2.75, 3.05) is 7.11 Å². The topological polar surface area (TPSA) is 69.9 Å². The van der Waals surface area contributed by atoms with Gasteiger partial charge in [-0.25, -0.2) is 9.79 Å². The van der Waals surface area contributed by atoms with Crippen LogP contribution in [0.15, 0.2) is 62.8 Å². The fraction of sp³-hybridized carbons (Fsp3) is 0.261. The summed E-state index contributed by atoms with van der Waals surface area (Å²) in [4.78, 5) is 32.6. The molecule has 0 saturated heterocycles. The van der Waals surface area contributed by atoms with Crippen molar-refractivity contribution in [1.82, 2.24) is 4.57 Å². The third-order valence-corrected chi connectivity index (χ3v) is 6.63. The molecule has 1 aromatic carbocycles. The Morgan fingerprint density at radius 3 is 2.58 bits per heavy atom. The van der Waals surface area contributed by atoms with Gasteiger partial charge < -0.3 is 9.47 Å². The lowest BCUT2D eigenvalue weighted by molar-refractivity contribution is -0.143. The number of methoxy groups -OCH3 is 1. The normalized spacial score (nSPS) is 16.3. The number of thiazole rings is 1. The van der Waals surface area contributed by atoms with E-state index in [1.165, 1.54) is 11.3 Å². The molecule has 0 spiro atoms. The molecule has 1 atom stereocenters. The van der Waals surface area contributed by atoms with Gasteiger partial charge in [0.2, 0.25) is 0 Å². The number of fused-ring (bicyclic) bond motifs is 1. The quantitative estimate of drug-likeness (QED) is 0.555. The number of hydrogen-bond acceptors (Lipinski definition) is 7. The monoisotopic (exact) mass is 454 g/mol. The van der Waals surface area contributed by atoms with Crippen molar-refractivity contribution < 1.29 is 14.3 Å². The Balaban J connectivity index is 1.94. The number of rotatable bonds is 5. The molecule has 0 unspecified atom stereocenters. The number of hydrogen-bond donors (Lipinski definition) is 0. The second-order valence-electron chi connectivity index (χ2n) is 7.32. The summed E-state index contributed by atoms with van der Waals surface area (Å²) in [5, 5.41) is 1.97. The SMILES string of the molecule is COc1ccc([C@H]2C(C(=O)OC(C)C)=C(C)N=c3sc(=Cc4cccs4)c(=O)n32)cc1. The highest BCUT2D eigenvalue weighted by atomic mass is 32.1. The van der Waals surface area contributed by atoms with Crippen molar-refractivity contribution in [2.24, 2.45) is 4.99 Å². The maximum atomic E-state index is 13.4. The van der Waals surface area contributed by atoms with Gasteiger partial charge in [-0.3, -0.25) is 9.36 Å². The highest BCUT2D eigenvalue weighted by Crippen LogP contribution is 2.31. The molecule has 2 aromatic heterocycles. The van der Waals surface area contributed by atoms with Gasteiger partial charge in [0.15, 0.2) is 4.80 Å². The third kappa shape index (κ3) is 4.13. The molecule has 0 bridgehead atoms. The van der Waals surface area contributed by atoms with Gasteiger partial charge >= 0.3 is 5.97 Å². The lowest BCUT2D eigenvalue weighted by atomic mass is 9.96. The Bertz CT molecular complexity index is 1310. The first-order valence-electron chi connectivity index (χ1n) is 9.80. The van der Waals surface area contributed by atoms with E-state index in [4.69, 9.17) is 9.47 Å². The summed E-state index contributed by atoms with van der Waals surface area (Å²) in [6, 6.07) is 10.6. The summed E-state index contributed by atoms with van der Waals surface area (Å²) in [6.45, 7) is 5.38. The number of thiophene rings is 1. The molecular formula is C23H22N2O4S2. The van der Waals surface area contributed by atoms with Crippen molar-refractivity contribution in [1.29, 1.82) is 0 Å². The average molecular weight is 455 g/mol. The molecule has 1 aliphatic heterocycles. The van der Waals surface area contributed by atoms with Crippen LogP contribution in [-0.2, 0) is 9.53 Å². The molecule has 0 radical (unpaired) electrons. The van der Waals surface area contributed by atoms with E-state index in [1.807, 2.05) is 47.9 Å². The van der Waals surface area contributed by atoms with Crippen LogP contribution in [0.4, 0.5) is 0 Å². The lowest BCUT2D eigenvalue weighted by Gasteiger charge is -2.25. The minimum atomic E-state index is -0.626. The molecule has 6 nitrogen and oxygen atoms in total. The predicted octanol–water partition coefficient (Wildman–Crippen LogP) is 3.26. The van der Waals surface area contributed by atoms with E-state index in [0.717, 1.165) is 10.4 Å². The van der Waals surface area contributed by atoms with Crippen LogP contribution >= 0.6 is 22.7 Å². The smallest absolute Gasteiger partial charge is 0.338 e. The Morgan fingerprint density at radius 1 is 1.23 bits per heavy atom. The van der Waals surface area contributed by atoms with Crippen LogP contribution < -0.4 is 19.6 Å². The van der Waals surface area contributed by atoms with E-state index < -0.39 is 12.0 Å². The molecule has 4 rings (SSSR count). The third-order valence-electron chi connectivity index (χ3n) is 4.83. The van der Waals surface area contributed by atoms with Crippen LogP contribution in [0.3, 0.4) is 0 Å². The molecule has 1 aliphatic rings. The summed E-state index contributed by atoms with van der Waals surface area (Å²) < 4.78 is 12.9. The predicted molar refractivity (Wildman–Crippen MR) is 122 cm³/mol. The molecule has 0 aliphatic carbocycles. The van der Waals surface area contributed by atoms with Gasteiger partial charge in [-0.2, -0.15) is 0 Å². The fourth-order valence-electron chi connectivity index (χ4n) is 3.46. The molecule has 0 saturated carbocycles. The number of esters is 1. The Hall–Kier alpha value is -2.97. The second-order valence-corrected chi connectivity index (χ2v) is 9.31. The molecule has 3 aromatic rings. The second kappa shape index (κ2) is 8.64. The zero-order chi connectivity index (χ0) is 22.1. The van der Waals surface area contributed by atoms with E-state index in [-0.39, 0.29) is 11.7 Å². The molecule has 0 amide bonds. The van der Waals surface area contributed by atoms with Crippen molar-refractivity contribution >= 4 is 34.7 Å². The van der Waals surface area contributed by atoms with Gasteiger partial charge in [0.1, 0.15) is 5.75 Å². The van der Waals surface area contributed by atoms with E-state index in [9.17, 15) is 9.59 Å². The zero-order valence-corrected chi connectivity index (χ0v) is 19.3. The van der Waals surface area contributed by atoms with Crippen LogP contribution in [0, 0.1) is 0 Å². The van der Waals surface area contributed by atoms with Crippen molar-refractivity contribution in [3.8, 4) is 5.75 Å². The summed E-state index contributed by atoms with van der Waals surface area (Å²) in [5.74, 6) is 0.227. The summed E-state index contributed by atoms with van der Waals surface area (Å²) in [7, 11) is 1.60. The van der Waals surface area contributed by atoms with Crippen molar-refractivity contribution in [3.05, 3.63) is 83.2 Å². The minimum Gasteiger partial charge on any atom is -0.497 e. The molecule has 0 N–H and O–H groups in total. The van der Waals surface area contributed by atoms with Gasteiger partial charge in [-0.15, -0.1) is 11.3 Å². The number of carbonyl (C=O) groups excluding carboxylic acids is 1.